The molecule has 1 aliphatic rings. The van der Waals surface area contributed by atoms with E-state index in [1.165, 1.54) is 48.5 Å². The summed E-state index contributed by atoms with van der Waals surface area (Å²) in [5, 5.41) is 39.3. The number of carbonyl (C=O) groups excluding carboxylic acids is 2. The molecule has 0 fully saturated rings. The maximum Gasteiger partial charge on any atom is 0.336 e. The predicted molar refractivity (Wildman–Crippen MR) is 95.9 cm³/mol. The molecule has 3 rings (SSSR count). The number of Topliss-reactive ketones (excluding diaryl/α,β-unsaturated/α-hetero) is 2. The van der Waals surface area contributed by atoms with Gasteiger partial charge in [0.1, 0.15) is 0 Å². The maximum atomic E-state index is 12.7. The molecule has 8 nitrogen and oxygen atoms in total. The molecule has 0 amide bonds. The largest absolute Gasteiger partial charge is 0.504 e. The van der Waals surface area contributed by atoms with Gasteiger partial charge in [0.25, 0.3) is 0 Å². The van der Waals surface area contributed by atoms with Gasteiger partial charge in [-0.15, -0.1) is 0 Å². The highest BCUT2D eigenvalue weighted by molar-refractivity contribution is 6.47. The third-order valence-corrected chi connectivity index (χ3v) is 4.21. The first kappa shape index (κ1) is 18.6. The number of carboxylic acid groups (broad SMARTS) is 2. The van der Waals surface area contributed by atoms with E-state index in [1.54, 1.807) is 0 Å². The Kier molecular flexibility index (Phi) is 4.54. The van der Waals surface area contributed by atoms with E-state index in [1.807, 2.05) is 0 Å². The molecule has 0 spiro atoms. The van der Waals surface area contributed by atoms with Crippen molar-refractivity contribution in [2.45, 2.75) is 0 Å². The number of aromatic carboxylic acids is 2. The van der Waals surface area contributed by atoms with Crippen LogP contribution in [0.4, 0.5) is 0 Å². The number of carboxylic acids is 2. The topological polar surface area (TPSA) is 149 Å². The molecule has 0 aliphatic heterocycles. The van der Waals surface area contributed by atoms with E-state index in [0.29, 0.717) is 0 Å². The second-order valence-corrected chi connectivity index (χ2v) is 5.81. The number of hydrogen-bond donors (Lipinski definition) is 4. The van der Waals surface area contributed by atoms with Crippen molar-refractivity contribution in [3.63, 3.8) is 0 Å². The van der Waals surface area contributed by atoms with Crippen LogP contribution >= 0.6 is 0 Å². The quantitative estimate of drug-likeness (QED) is 0.591. The van der Waals surface area contributed by atoms with Gasteiger partial charge in [-0.25, -0.2) is 9.59 Å². The van der Waals surface area contributed by atoms with Gasteiger partial charge in [0.15, 0.2) is 11.5 Å². The molecular weight excluding hydrogens is 368 g/mol. The first-order chi connectivity index (χ1) is 13.3. The average Bonchev–Trinajstić information content (AvgIpc) is 2.67. The lowest BCUT2D eigenvalue weighted by molar-refractivity contribution is -0.116. The summed E-state index contributed by atoms with van der Waals surface area (Å²) in [4.78, 5) is 48.2. The van der Waals surface area contributed by atoms with E-state index in [0.717, 1.165) is 0 Å². The summed E-state index contributed by atoms with van der Waals surface area (Å²) in [6, 6.07) is 10.4. The van der Waals surface area contributed by atoms with Gasteiger partial charge < -0.3 is 20.4 Å². The molecule has 2 aromatic rings. The number of rotatable bonds is 4. The zero-order chi connectivity index (χ0) is 20.6. The smallest absolute Gasteiger partial charge is 0.336 e. The van der Waals surface area contributed by atoms with Crippen LogP contribution in [0.3, 0.4) is 0 Å². The van der Waals surface area contributed by atoms with Gasteiger partial charge in [0.05, 0.1) is 22.3 Å². The van der Waals surface area contributed by atoms with Gasteiger partial charge in [-0.05, 0) is 12.1 Å². The van der Waals surface area contributed by atoms with E-state index in [2.05, 4.69) is 0 Å². The second kappa shape index (κ2) is 6.84. The Morgan fingerprint density at radius 2 is 0.929 bits per heavy atom. The first-order valence-corrected chi connectivity index (χ1v) is 7.87. The minimum absolute atomic E-state index is 0.247. The molecule has 0 unspecified atom stereocenters. The highest BCUT2D eigenvalue weighted by Gasteiger charge is 2.38. The Morgan fingerprint density at radius 1 is 0.607 bits per heavy atom. The fraction of sp³-hybridized carbons (Fsp3) is 0. The van der Waals surface area contributed by atoms with Crippen LogP contribution in [0.25, 0.3) is 11.1 Å². The van der Waals surface area contributed by atoms with Crippen LogP contribution < -0.4 is 0 Å². The van der Waals surface area contributed by atoms with Gasteiger partial charge >= 0.3 is 11.9 Å². The van der Waals surface area contributed by atoms with Crippen molar-refractivity contribution in [3.8, 4) is 0 Å². The van der Waals surface area contributed by atoms with E-state index < -0.39 is 46.2 Å². The standard InChI is InChI=1S/C20H12O8/c21-15-13(9-5-1-3-7-11(9)19(25)26)16(22)18(24)14(17(15)23)10-6-2-4-8-12(10)20(27)28/h1-8,21,24H,(H,25,26)(H,27,28). The van der Waals surface area contributed by atoms with Crippen LogP contribution in [-0.4, -0.2) is 43.9 Å². The minimum atomic E-state index is -1.40. The molecule has 140 valence electrons. The van der Waals surface area contributed by atoms with E-state index in [9.17, 15) is 39.6 Å². The minimum Gasteiger partial charge on any atom is -0.504 e. The normalized spacial score (nSPS) is 14.4. The fourth-order valence-electron chi connectivity index (χ4n) is 2.95. The Morgan fingerprint density at radius 3 is 1.25 bits per heavy atom. The molecule has 2 aromatic carbocycles. The summed E-state index contributed by atoms with van der Waals surface area (Å²) in [5.41, 5.74) is -2.54. The third kappa shape index (κ3) is 2.82. The van der Waals surface area contributed by atoms with Gasteiger partial charge in [-0.3, -0.25) is 9.59 Å². The second-order valence-electron chi connectivity index (χ2n) is 5.81. The molecule has 0 heterocycles. The molecule has 8 heteroatoms. The van der Waals surface area contributed by atoms with Crippen LogP contribution in [-0.2, 0) is 9.59 Å². The Balaban J connectivity index is 2.24. The summed E-state index contributed by atoms with van der Waals surface area (Å²) in [7, 11) is 0. The lowest BCUT2D eigenvalue weighted by Crippen LogP contribution is -2.24. The maximum absolute atomic E-state index is 12.7. The SMILES string of the molecule is O=C1C(O)=C(c2ccccc2C(=O)O)C(=O)C(O)=C1c1ccccc1C(=O)O. The first-order valence-electron chi connectivity index (χ1n) is 7.87. The summed E-state index contributed by atoms with van der Waals surface area (Å²) in [6.45, 7) is 0. The molecular formula is C20H12O8. The van der Waals surface area contributed by atoms with Crippen LogP contribution in [0.2, 0.25) is 0 Å². The fourth-order valence-corrected chi connectivity index (χ4v) is 2.95. The van der Waals surface area contributed by atoms with Crippen LogP contribution in [0.15, 0.2) is 60.0 Å². The summed E-state index contributed by atoms with van der Waals surface area (Å²) >= 11 is 0. The van der Waals surface area contributed by atoms with E-state index in [4.69, 9.17) is 0 Å². The zero-order valence-corrected chi connectivity index (χ0v) is 14.0. The molecule has 1 aliphatic carbocycles. The highest BCUT2D eigenvalue weighted by atomic mass is 16.4. The molecule has 0 bridgehead atoms. The molecule has 0 saturated heterocycles. The van der Waals surface area contributed by atoms with Crippen LogP contribution in [0.5, 0.6) is 0 Å². The molecule has 28 heavy (non-hydrogen) atoms. The van der Waals surface area contributed by atoms with Crippen molar-refractivity contribution in [2.24, 2.45) is 0 Å². The van der Waals surface area contributed by atoms with Crippen molar-refractivity contribution in [3.05, 3.63) is 82.3 Å². The van der Waals surface area contributed by atoms with Crippen molar-refractivity contribution < 1.29 is 39.6 Å². The van der Waals surface area contributed by atoms with Crippen LogP contribution in [0.1, 0.15) is 31.8 Å². The molecule has 0 saturated carbocycles. The Labute approximate surface area is 157 Å². The van der Waals surface area contributed by atoms with E-state index in [-0.39, 0.29) is 22.3 Å². The number of hydrogen-bond acceptors (Lipinski definition) is 6. The summed E-state index contributed by atoms with van der Waals surface area (Å²) < 4.78 is 0. The summed E-state index contributed by atoms with van der Waals surface area (Å²) in [5.74, 6) is -7.34. The van der Waals surface area contributed by atoms with Gasteiger partial charge in [0, 0.05) is 11.1 Å². The number of aliphatic hydroxyl groups is 2. The molecule has 0 atom stereocenters. The van der Waals surface area contributed by atoms with E-state index >= 15 is 0 Å². The van der Waals surface area contributed by atoms with Gasteiger partial charge in [-0.2, -0.15) is 0 Å². The van der Waals surface area contributed by atoms with Crippen molar-refractivity contribution in [1.29, 1.82) is 0 Å². The molecule has 0 radical (unpaired) electrons. The van der Waals surface area contributed by atoms with Crippen molar-refractivity contribution >= 4 is 34.7 Å². The third-order valence-electron chi connectivity index (χ3n) is 4.21. The number of allylic oxidation sites excluding steroid dienone is 2. The van der Waals surface area contributed by atoms with Crippen LogP contribution in [0, 0.1) is 0 Å². The number of aliphatic hydroxyl groups excluding tert-OH is 2. The summed E-state index contributed by atoms with van der Waals surface area (Å²) in [6.07, 6.45) is 0. The average molecular weight is 380 g/mol. The number of carbonyl (C=O) groups is 4. The molecule has 0 aromatic heterocycles. The number of benzene rings is 2. The number of ketones is 2. The Bertz CT molecular complexity index is 1030. The van der Waals surface area contributed by atoms with Crippen molar-refractivity contribution in [2.75, 3.05) is 0 Å². The van der Waals surface area contributed by atoms with Gasteiger partial charge in [-0.1, -0.05) is 36.4 Å². The Hall–Kier alpha value is -4.20. The molecule has 4 N–H and O–H groups in total. The van der Waals surface area contributed by atoms with Crippen molar-refractivity contribution in [1.82, 2.24) is 0 Å². The van der Waals surface area contributed by atoms with Gasteiger partial charge in [0.2, 0.25) is 11.6 Å². The highest BCUT2D eigenvalue weighted by Crippen LogP contribution is 2.36. The lowest BCUT2D eigenvalue weighted by Gasteiger charge is -2.20. The zero-order valence-electron chi connectivity index (χ0n) is 14.0. The lowest BCUT2D eigenvalue weighted by atomic mass is 9.83. The predicted octanol–water partition coefficient (Wildman–Crippen LogP) is 2.47. The monoisotopic (exact) mass is 380 g/mol.